The van der Waals surface area contributed by atoms with E-state index in [2.05, 4.69) is 45.1 Å². The molecule has 3 aliphatic rings. The van der Waals surface area contributed by atoms with Crippen LogP contribution < -0.4 is 5.73 Å². The molecule has 5 heteroatoms. The first-order valence-corrected chi connectivity index (χ1v) is 10.6. The van der Waals surface area contributed by atoms with Gasteiger partial charge < -0.3 is 15.7 Å². The molecule has 5 nitrogen and oxygen atoms in total. The standard InChI is InChI=1S/C23H30N4O/c24-22-18(9-6-10-25-22)13-27-15-20(28)23(16-27)19(14-26-11-4-5-12-26)21(23)17-7-2-1-3-8-17/h1-3,6-10,19-21,28H,4-5,11-16H2,(H2,24,25)/t19-,20-,21-,23-/m1/s1. The van der Waals surface area contributed by atoms with Crippen molar-refractivity contribution in [2.24, 2.45) is 11.3 Å². The molecule has 2 aromatic rings. The molecule has 3 N–H and O–H groups in total. The molecule has 1 spiro atoms. The second-order valence-electron chi connectivity index (χ2n) is 8.85. The molecule has 0 radical (unpaired) electrons. The Hall–Kier alpha value is -1.95. The fraction of sp³-hybridized carbons (Fsp3) is 0.522. The number of nitrogens with zero attached hydrogens (tertiary/aromatic N) is 3. The maximum atomic E-state index is 11.2. The lowest BCUT2D eigenvalue weighted by Gasteiger charge is -2.19. The first-order valence-electron chi connectivity index (χ1n) is 10.6. The van der Waals surface area contributed by atoms with E-state index in [-0.39, 0.29) is 11.5 Å². The summed E-state index contributed by atoms with van der Waals surface area (Å²) >= 11 is 0. The number of benzene rings is 1. The third-order valence-electron chi connectivity index (χ3n) is 7.24. The molecule has 0 amide bonds. The zero-order chi connectivity index (χ0) is 19.1. The minimum atomic E-state index is -0.289. The predicted octanol–water partition coefficient (Wildman–Crippen LogP) is 2.34. The SMILES string of the molecule is Nc1ncccc1CN1C[C@@H](O)[C@@]2(C1)[C@H](CN1CCCC1)[C@H]2c1ccccc1. The van der Waals surface area contributed by atoms with E-state index in [0.29, 0.717) is 24.2 Å². The van der Waals surface area contributed by atoms with Crippen molar-refractivity contribution in [3.8, 4) is 0 Å². The summed E-state index contributed by atoms with van der Waals surface area (Å²) in [5, 5.41) is 11.2. The summed E-state index contributed by atoms with van der Waals surface area (Å²) in [6, 6.07) is 14.8. The van der Waals surface area contributed by atoms with Crippen LogP contribution >= 0.6 is 0 Å². The van der Waals surface area contributed by atoms with Gasteiger partial charge >= 0.3 is 0 Å². The van der Waals surface area contributed by atoms with Gasteiger partial charge in [0.05, 0.1) is 6.10 Å². The summed E-state index contributed by atoms with van der Waals surface area (Å²) in [5.41, 5.74) is 8.48. The van der Waals surface area contributed by atoms with Crippen LogP contribution in [-0.4, -0.2) is 58.7 Å². The number of pyridine rings is 1. The van der Waals surface area contributed by atoms with Crippen molar-refractivity contribution in [3.63, 3.8) is 0 Å². The molecule has 0 bridgehead atoms. The Balaban J connectivity index is 1.38. The molecule has 148 valence electrons. The first-order chi connectivity index (χ1) is 13.7. The third-order valence-corrected chi connectivity index (χ3v) is 7.24. The smallest absolute Gasteiger partial charge is 0.127 e. The largest absolute Gasteiger partial charge is 0.391 e. The van der Waals surface area contributed by atoms with Crippen LogP contribution in [0.15, 0.2) is 48.7 Å². The quantitative estimate of drug-likeness (QED) is 0.836. The van der Waals surface area contributed by atoms with Gasteiger partial charge in [-0.25, -0.2) is 4.98 Å². The van der Waals surface area contributed by atoms with Crippen molar-refractivity contribution >= 4 is 5.82 Å². The highest BCUT2D eigenvalue weighted by Crippen LogP contribution is 2.69. The van der Waals surface area contributed by atoms with E-state index in [1.807, 2.05) is 12.1 Å². The normalized spacial score (nSPS) is 33.0. The Kier molecular flexibility index (Phi) is 4.62. The second kappa shape index (κ2) is 7.14. The van der Waals surface area contributed by atoms with Gasteiger partial charge in [0.2, 0.25) is 0 Å². The number of hydrogen-bond acceptors (Lipinski definition) is 5. The van der Waals surface area contributed by atoms with Crippen LogP contribution in [0.2, 0.25) is 0 Å². The van der Waals surface area contributed by atoms with E-state index in [9.17, 15) is 5.11 Å². The van der Waals surface area contributed by atoms with E-state index < -0.39 is 0 Å². The molecule has 3 heterocycles. The maximum absolute atomic E-state index is 11.2. The number of nitrogens with two attached hydrogens (primary N) is 1. The van der Waals surface area contributed by atoms with Gasteiger partial charge in [-0.2, -0.15) is 0 Å². The average Bonchev–Trinajstić information content (AvgIpc) is 3.00. The number of aliphatic hydroxyl groups excluding tert-OH is 1. The average molecular weight is 379 g/mol. The molecule has 2 aliphatic heterocycles. The van der Waals surface area contributed by atoms with Crippen molar-refractivity contribution in [3.05, 3.63) is 59.8 Å². The van der Waals surface area contributed by atoms with Gasteiger partial charge in [-0.1, -0.05) is 36.4 Å². The van der Waals surface area contributed by atoms with E-state index in [0.717, 1.165) is 25.2 Å². The van der Waals surface area contributed by atoms with E-state index in [1.165, 1.54) is 31.5 Å². The summed E-state index contributed by atoms with van der Waals surface area (Å²) in [5.74, 6) is 1.57. The Labute approximate surface area is 167 Å². The lowest BCUT2D eigenvalue weighted by atomic mass is 9.95. The number of aliphatic hydroxyl groups is 1. The molecule has 28 heavy (non-hydrogen) atoms. The van der Waals surface area contributed by atoms with Gasteiger partial charge in [0, 0.05) is 43.4 Å². The number of hydrogen-bond donors (Lipinski definition) is 2. The Morgan fingerprint density at radius 3 is 2.61 bits per heavy atom. The van der Waals surface area contributed by atoms with Crippen LogP contribution in [0.4, 0.5) is 5.82 Å². The van der Waals surface area contributed by atoms with Gasteiger partial charge in [0.15, 0.2) is 0 Å². The van der Waals surface area contributed by atoms with E-state index in [1.54, 1.807) is 6.20 Å². The molecule has 1 saturated carbocycles. The highest BCUT2D eigenvalue weighted by Gasteiger charge is 2.71. The van der Waals surface area contributed by atoms with E-state index >= 15 is 0 Å². The van der Waals surface area contributed by atoms with Crippen LogP contribution in [-0.2, 0) is 6.54 Å². The lowest BCUT2D eigenvalue weighted by Crippen LogP contribution is -2.28. The topological polar surface area (TPSA) is 65.6 Å². The maximum Gasteiger partial charge on any atom is 0.127 e. The van der Waals surface area contributed by atoms with E-state index in [4.69, 9.17) is 5.73 Å². The monoisotopic (exact) mass is 378 g/mol. The van der Waals surface area contributed by atoms with Crippen molar-refractivity contribution in [1.82, 2.24) is 14.8 Å². The fourth-order valence-electron chi connectivity index (χ4n) is 5.85. The summed E-state index contributed by atoms with van der Waals surface area (Å²) in [7, 11) is 0. The van der Waals surface area contributed by atoms with Gasteiger partial charge in [-0.05, 0) is 49.4 Å². The van der Waals surface area contributed by atoms with Crippen LogP contribution in [0.1, 0.15) is 29.9 Å². The van der Waals surface area contributed by atoms with Crippen molar-refractivity contribution in [2.45, 2.75) is 31.4 Å². The van der Waals surface area contributed by atoms with Gasteiger partial charge in [0.25, 0.3) is 0 Å². The molecule has 0 unspecified atom stereocenters. The summed E-state index contributed by atoms with van der Waals surface area (Å²) in [6.07, 6.45) is 4.07. The van der Waals surface area contributed by atoms with Gasteiger partial charge in [-0.15, -0.1) is 0 Å². The minimum absolute atomic E-state index is 0.0269. The summed E-state index contributed by atoms with van der Waals surface area (Å²) in [6.45, 7) is 5.94. The Morgan fingerprint density at radius 2 is 1.86 bits per heavy atom. The van der Waals surface area contributed by atoms with Crippen LogP contribution in [0.5, 0.6) is 0 Å². The Morgan fingerprint density at radius 1 is 1.07 bits per heavy atom. The van der Waals surface area contributed by atoms with Crippen molar-refractivity contribution in [1.29, 1.82) is 0 Å². The molecular formula is C23H30N4O. The third kappa shape index (κ3) is 3.02. The lowest BCUT2D eigenvalue weighted by molar-refractivity contribution is 0.116. The van der Waals surface area contributed by atoms with Gasteiger partial charge in [0.1, 0.15) is 5.82 Å². The molecule has 1 aliphatic carbocycles. The summed E-state index contributed by atoms with van der Waals surface area (Å²) < 4.78 is 0. The summed E-state index contributed by atoms with van der Waals surface area (Å²) in [4.78, 5) is 9.19. The first kappa shape index (κ1) is 18.1. The zero-order valence-electron chi connectivity index (χ0n) is 16.4. The minimum Gasteiger partial charge on any atom is -0.391 e. The van der Waals surface area contributed by atoms with Crippen molar-refractivity contribution < 1.29 is 5.11 Å². The second-order valence-corrected chi connectivity index (χ2v) is 8.85. The highest BCUT2D eigenvalue weighted by atomic mass is 16.3. The zero-order valence-corrected chi connectivity index (χ0v) is 16.4. The number of nitrogen functional groups attached to an aromatic ring is 1. The van der Waals surface area contributed by atoms with Crippen molar-refractivity contribution in [2.75, 3.05) is 38.5 Å². The number of anilines is 1. The molecular weight excluding hydrogens is 348 g/mol. The number of aromatic nitrogens is 1. The fourth-order valence-corrected chi connectivity index (χ4v) is 5.85. The predicted molar refractivity (Wildman–Crippen MR) is 111 cm³/mol. The van der Waals surface area contributed by atoms with Gasteiger partial charge in [-0.3, -0.25) is 4.90 Å². The molecule has 5 rings (SSSR count). The number of likely N-dealkylation sites (tertiary alicyclic amines) is 2. The Bertz CT molecular complexity index is 822. The molecule has 4 atom stereocenters. The number of β-amino-alcohol motifs (C(OH)–C–C–N with tert-alkyl or cyclic N) is 1. The van der Waals surface area contributed by atoms with Crippen LogP contribution in [0, 0.1) is 11.3 Å². The molecule has 2 saturated heterocycles. The molecule has 1 aromatic heterocycles. The van der Waals surface area contributed by atoms with Crippen LogP contribution in [0.25, 0.3) is 0 Å². The number of rotatable bonds is 5. The molecule has 1 aromatic carbocycles. The van der Waals surface area contributed by atoms with Crippen LogP contribution in [0.3, 0.4) is 0 Å². The highest BCUT2D eigenvalue weighted by molar-refractivity contribution is 5.40. The molecule has 3 fully saturated rings.